The van der Waals surface area contributed by atoms with Crippen LogP contribution in [0.2, 0.25) is 0 Å². The van der Waals surface area contributed by atoms with Gasteiger partial charge in [-0.2, -0.15) is 5.26 Å². The minimum absolute atomic E-state index is 0.463. The van der Waals surface area contributed by atoms with E-state index in [0.717, 1.165) is 36.2 Å². The lowest BCUT2D eigenvalue weighted by molar-refractivity contribution is 0.458. The van der Waals surface area contributed by atoms with Crippen LogP contribution in [0.4, 0.5) is 0 Å². The number of imidazole rings is 1. The summed E-state index contributed by atoms with van der Waals surface area (Å²) in [5.74, 6) is 0.915. The number of benzene rings is 1. The minimum Gasteiger partial charge on any atom is -0.327 e. The van der Waals surface area contributed by atoms with Crippen molar-refractivity contribution in [2.24, 2.45) is 0 Å². The fourth-order valence-corrected chi connectivity index (χ4v) is 2.54. The van der Waals surface area contributed by atoms with Gasteiger partial charge in [0.05, 0.1) is 17.1 Å². The number of hydrogen-bond donors (Lipinski definition) is 0. The quantitative estimate of drug-likeness (QED) is 0.820. The van der Waals surface area contributed by atoms with E-state index in [0.29, 0.717) is 0 Å². The predicted octanol–water partition coefficient (Wildman–Crippen LogP) is 3.64. The van der Waals surface area contributed by atoms with Gasteiger partial charge in [0.25, 0.3) is 0 Å². The molecule has 1 aromatic heterocycles. The van der Waals surface area contributed by atoms with Gasteiger partial charge in [-0.05, 0) is 31.9 Å². The summed E-state index contributed by atoms with van der Waals surface area (Å²) >= 11 is 0. The number of nitrogens with zero attached hydrogens (tertiary/aromatic N) is 3. The lowest BCUT2D eigenvalue weighted by Crippen LogP contribution is -2.26. The number of para-hydroxylation sites is 2. The summed E-state index contributed by atoms with van der Waals surface area (Å²) in [7, 11) is 0. The van der Waals surface area contributed by atoms with Gasteiger partial charge in [0.2, 0.25) is 0 Å². The summed E-state index contributed by atoms with van der Waals surface area (Å²) in [6, 6.07) is 10.6. The number of rotatable bonds is 4. The Labute approximate surface area is 108 Å². The van der Waals surface area contributed by atoms with Crippen LogP contribution >= 0.6 is 0 Å². The van der Waals surface area contributed by atoms with Crippen LogP contribution < -0.4 is 0 Å². The third-order valence-electron chi connectivity index (χ3n) is 3.82. The smallest absolute Gasteiger partial charge is 0.130 e. The Hall–Kier alpha value is -1.82. The van der Waals surface area contributed by atoms with Crippen molar-refractivity contribution >= 4 is 11.0 Å². The molecule has 0 bridgehead atoms. The maximum atomic E-state index is 9.57. The van der Waals surface area contributed by atoms with E-state index in [1.165, 1.54) is 0 Å². The number of nitriles is 1. The molecule has 94 valence electrons. The van der Waals surface area contributed by atoms with Crippen LogP contribution in [-0.2, 0) is 12.0 Å². The highest BCUT2D eigenvalue weighted by atomic mass is 15.1. The fraction of sp³-hybridized carbons (Fsp3) is 0.467. The molecule has 3 heteroatoms. The minimum atomic E-state index is -0.463. The summed E-state index contributed by atoms with van der Waals surface area (Å²) in [4.78, 5) is 4.71. The van der Waals surface area contributed by atoms with Gasteiger partial charge >= 0.3 is 0 Å². The molecule has 0 aliphatic rings. The molecular formula is C15H19N3. The Morgan fingerprint density at radius 2 is 1.89 bits per heavy atom. The predicted molar refractivity (Wildman–Crippen MR) is 73.3 cm³/mol. The van der Waals surface area contributed by atoms with Gasteiger partial charge in [0.1, 0.15) is 11.2 Å². The van der Waals surface area contributed by atoms with E-state index in [9.17, 15) is 5.26 Å². The van der Waals surface area contributed by atoms with Crippen molar-refractivity contribution in [3.63, 3.8) is 0 Å². The summed E-state index contributed by atoms with van der Waals surface area (Å²) in [5.41, 5.74) is 1.64. The molecule has 0 amide bonds. The molecule has 3 nitrogen and oxygen atoms in total. The van der Waals surface area contributed by atoms with Crippen LogP contribution in [0.3, 0.4) is 0 Å². The lowest BCUT2D eigenvalue weighted by Gasteiger charge is -2.23. The summed E-state index contributed by atoms with van der Waals surface area (Å²) < 4.78 is 2.17. The van der Waals surface area contributed by atoms with Crippen LogP contribution in [0.25, 0.3) is 11.0 Å². The molecule has 0 aliphatic heterocycles. The Balaban J connectivity index is 2.74. The molecule has 2 rings (SSSR count). The molecule has 0 unspecified atom stereocenters. The van der Waals surface area contributed by atoms with E-state index in [2.05, 4.69) is 37.5 Å². The normalized spacial score (nSPS) is 11.7. The second-order valence-corrected chi connectivity index (χ2v) is 4.57. The Morgan fingerprint density at radius 3 is 2.44 bits per heavy atom. The topological polar surface area (TPSA) is 41.6 Å². The number of aromatic nitrogens is 2. The van der Waals surface area contributed by atoms with Gasteiger partial charge in [-0.25, -0.2) is 4.98 Å². The molecule has 0 spiro atoms. The molecule has 2 aromatic rings. The van der Waals surface area contributed by atoms with Crippen molar-refractivity contribution in [3.05, 3.63) is 30.1 Å². The molecule has 0 radical (unpaired) electrons. The third kappa shape index (κ3) is 1.69. The van der Waals surface area contributed by atoms with Crippen LogP contribution in [0.15, 0.2) is 24.3 Å². The van der Waals surface area contributed by atoms with Gasteiger partial charge in [-0.3, -0.25) is 0 Å². The van der Waals surface area contributed by atoms with Crippen molar-refractivity contribution in [1.29, 1.82) is 5.26 Å². The molecular weight excluding hydrogens is 222 g/mol. The fourth-order valence-electron chi connectivity index (χ4n) is 2.54. The number of aryl methyl sites for hydroxylation is 1. The molecule has 0 atom stereocenters. The van der Waals surface area contributed by atoms with E-state index in [1.54, 1.807) is 0 Å². The molecule has 0 aliphatic carbocycles. The van der Waals surface area contributed by atoms with Gasteiger partial charge in [-0.1, -0.05) is 26.0 Å². The van der Waals surface area contributed by atoms with E-state index in [-0.39, 0.29) is 0 Å². The monoisotopic (exact) mass is 241 g/mol. The molecule has 0 fully saturated rings. The SMILES string of the molecule is CCn1c(C(C#N)(CC)CC)nc2ccccc21. The molecule has 1 heterocycles. The maximum Gasteiger partial charge on any atom is 0.130 e. The van der Waals surface area contributed by atoms with Crippen LogP contribution in [0.5, 0.6) is 0 Å². The molecule has 1 aromatic carbocycles. The first-order valence-electron chi connectivity index (χ1n) is 6.59. The van der Waals surface area contributed by atoms with Gasteiger partial charge < -0.3 is 4.57 Å². The number of fused-ring (bicyclic) bond motifs is 1. The van der Waals surface area contributed by atoms with E-state index < -0.39 is 5.41 Å². The third-order valence-corrected chi connectivity index (χ3v) is 3.82. The first-order chi connectivity index (χ1) is 8.72. The van der Waals surface area contributed by atoms with Crippen molar-refractivity contribution in [2.75, 3.05) is 0 Å². The van der Waals surface area contributed by atoms with Crippen molar-refractivity contribution in [2.45, 2.75) is 45.6 Å². The molecule has 0 N–H and O–H groups in total. The highest BCUT2D eigenvalue weighted by Gasteiger charge is 2.33. The van der Waals surface area contributed by atoms with Gasteiger partial charge in [-0.15, -0.1) is 0 Å². The zero-order chi connectivity index (χ0) is 13.2. The number of hydrogen-bond acceptors (Lipinski definition) is 2. The second kappa shape index (κ2) is 4.81. The van der Waals surface area contributed by atoms with Crippen LogP contribution in [0, 0.1) is 11.3 Å². The van der Waals surface area contributed by atoms with E-state index in [1.807, 2.05) is 18.2 Å². The zero-order valence-electron chi connectivity index (χ0n) is 11.3. The van der Waals surface area contributed by atoms with E-state index in [4.69, 9.17) is 4.98 Å². The zero-order valence-corrected chi connectivity index (χ0v) is 11.3. The lowest BCUT2D eigenvalue weighted by atomic mass is 9.83. The largest absolute Gasteiger partial charge is 0.327 e. The average molecular weight is 241 g/mol. The molecule has 0 saturated carbocycles. The van der Waals surface area contributed by atoms with Gasteiger partial charge in [0.15, 0.2) is 0 Å². The molecule has 0 saturated heterocycles. The summed E-state index contributed by atoms with van der Waals surface area (Å²) in [6.07, 6.45) is 1.59. The van der Waals surface area contributed by atoms with Crippen molar-refractivity contribution < 1.29 is 0 Å². The van der Waals surface area contributed by atoms with E-state index >= 15 is 0 Å². The first kappa shape index (κ1) is 12.6. The van der Waals surface area contributed by atoms with Crippen LogP contribution in [0.1, 0.15) is 39.4 Å². The molecule has 18 heavy (non-hydrogen) atoms. The Kier molecular flexibility index (Phi) is 3.38. The second-order valence-electron chi connectivity index (χ2n) is 4.57. The first-order valence-corrected chi connectivity index (χ1v) is 6.59. The van der Waals surface area contributed by atoms with Crippen molar-refractivity contribution in [3.8, 4) is 6.07 Å². The standard InChI is InChI=1S/C15H19N3/c1-4-15(5-2,11-16)14-17-12-9-7-8-10-13(12)18(14)6-3/h7-10H,4-6H2,1-3H3. The Bertz CT molecular complexity index is 585. The summed E-state index contributed by atoms with van der Waals surface area (Å²) in [5, 5.41) is 9.57. The van der Waals surface area contributed by atoms with Gasteiger partial charge in [0, 0.05) is 6.54 Å². The average Bonchev–Trinajstić information content (AvgIpc) is 2.80. The van der Waals surface area contributed by atoms with Crippen molar-refractivity contribution in [1.82, 2.24) is 9.55 Å². The Morgan fingerprint density at radius 1 is 1.22 bits per heavy atom. The maximum absolute atomic E-state index is 9.57. The highest BCUT2D eigenvalue weighted by molar-refractivity contribution is 5.76. The van der Waals surface area contributed by atoms with Crippen LogP contribution in [-0.4, -0.2) is 9.55 Å². The summed E-state index contributed by atoms with van der Waals surface area (Å²) in [6.45, 7) is 7.07. The highest BCUT2D eigenvalue weighted by Crippen LogP contribution is 2.32.